The van der Waals surface area contributed by atoms with E-state index in [2.05, 4.69) is 26.3 Å². The van der Waals surface area contributed by atoms with Crippen molar-refractivity contribution in [3.05, 3.63) is 70.9 Å². The van der Waals surface area contributed by atoms with E-state index in [-0.39, 0.29) is 5.91 Å². The van der Waals surface area contributed by atoms with Crippen molar-refractivity contribution in [2.75, 3.05) is 18.0 Å². The fourth-order valence-corrected chi connectivity index (χ4v) is 3.95. The zero-order valence-corrected chi connectivity index (χ0v) is 17.1. The van der Waals surface area contributed by atoms with E-state index in [9.17, 15) is 4.79 Å². The van der Waals surface area contributed by atoms with E-state index in [1.54, 1.807) is 10.8 Å². The Hall–Kier alpha value is -2.93. The third-order valence-electron chi connectivity index (χ3n) is 5.22. The lowest BCUT2D eigenvalue weighted by atomic mass is 10.2. The van der Waals surface area contributed by atoms with Gasteiger partial charge in [-0.3, -0.25) is 9.36 Å². The summed E-state index contributed by atoms with van der Waals surface area (Å²) in [6, 6.07) is 13.7. The predicted molar refractivity (Wildman–Crippen MR) is 117 cm³/mol. The van der Waals surface area contributed by atoms with Crippen LogP contribution in [0.1, 0.15) is 41.7 Å². The summed E-state index contributed by atoms with van der Waals surface area (Å²) in [6.45, 7) is 2.53. The molecule has 1 aliphatic rings. The number of amides is 1. The van der Waals surface area contributed by atoms with Crippen LogP contribution in [0.15, 0.2) is 54.9 Å². The second kappa shape index (κ2) is 9.05. The molecular weight excluding hydrogens is 382 g/mol. The number of hydrogen-bond donors (Lipinski definition) is 2. The SMILES string of the molecule is O=C(NCc1ccnc(N2CCCCCC2)c1)c1c[nH]c(=S)n1-c1ccccc1. The van der Waals surface area contributed by atoms with E-state index in [0.717, 1.165) is 30.2 Å². The molecule has 0 bridgehead atoms. The van der Waals surface area contributed by atoms with E-state index in [4.69, 9.17) is 12.2 Å². The number of nitrogens with zero attached hydrogens (tertiary/aromatic N) is 3. The first-order valence-corrected chi connectivity index (χ1v) is 10.5. The third kappa shape index (κ3) is 4.56. The second-order valence-electron chi connectivity index (χ2n) is 7.26. The molecule has 2 aromatic heterocycles. The molecule has 0 saturated carbocycles. The van der Waals surface area contributed by atoms with Crippen LogP contribution in [0.5, 0.6) is 0 Å². The molecule has 6 nitrogen and oxygen atoms in total. The number of para-hydroxylation sites is 1. The molecule has 0 atom stereocenters. The van der Waals surface area contributed by atoms with Gasteiger partial charge in [0.1, 0.15) is 11.5 Å². The van der Waals surface area contributed by atoms with Gasteiger partial charge in [-0.2, -0.15) is 0 Å². The summed E-state index contributed by atoms with van der Waals surface area (Å²) in [5, 5.41) is 3.01. The second-order valence-corrected chi connectivity index (χ2v) is 7.64. The molecule has 1 fully saturated rings. The van der Waals surface area contributed by atoms with Crippen molar-refractivity contribution in [2.45, 2.75) is 32.2 Å². The maximum absolute atomic E-state index is 12.8. The van der Waals surface area contributed by atoms with E-state index in [1.165, 1.54) is 25.7 Å². The Morgan fingerprint density at radius 3 is 2.62 bits per heavy atom. The molecule has 0 radical (unpaired) electrons. The number of rotatable bonds is 5. The van der Waals surface area contributed by atoms with Gasteiger partial charge in [0.2, 0.25) is 0 Å². The van der Waals surface area contributed by atoms with Crippen LogP contribution in [-0.2, 0) is 6.54 Å². The highest BCUT2D eigenvalue weighted by atomic mass is 32.1. The number of H-pyrrole nitrogens is 1. The maximum atomic E-state index is 12.8. The van der Waals surface area contributed by atoms with Gasteiger partial charge in [-0.15, -0.1) is 0 Å². The van der Waals surface area contributed by atoms with Crippen LogP contribution in [0, 0.1) is 4.77 Å². The van der Waals surface area contributed by atoms with Crippen LogP contribution < -0.4 is 10.2 Å². The first-order valence-electron chi connectivity index (χ1n) is 10.1. The summed E-state index contributed by atoms with van der Waals surface area (Å²) in [5.74, 6) is 0.821. The monoisotopic (exact) mass is 407 g/mol. The fourth-order valence-electron chi connectivity index (χ4n) is 3.69. The van der Waals surface area contributed by atoms with Gasteiger partial charge in [-0.25, -0.2) is 4.98 Å². The highest BCUT2D eigenvalue weighted by Gasteiger charge is 2.15. The van der Waals surface area contributed by atoms with Crippen LogP contribution in [-0.4, -0.2) is 33.5 Å². The Morgan fingerprint density at radius 2 is 1.86 bits per heavy atom. The van der Waals surface area contributed by atoms with E-state index in [0.29, 0.717) is 17.0 Å². The Labute approximate surface area is 175 Å². The minimum atomic E-state index is -0.172. The average Bonchev–Trinajstić information content (AvgIpc) is 2.96. The van der Waals surface area contributed by atoms with Crippen LogP contribution >= 0.6 is 12.2 Å². The summed E-state index contributed by atoms with van der Waals surface area (Å²) < 4.78 is 2.24. The smallest absolute Gasteiger partial charge is 0.270 e. The molecule has 3 heterocycles. The quantitative estimate of drug-likeness (QED) is 0.621. The summed E-state index contributed by atoms with van der Waals surface area (Å²) in [5.41, 5.74) is 2.38. The molecule has 4 rings (SSSR count). The lowest BCUT2D eigenvalue weighted by molar-refractivity contribution is 0.0944. The zero-order chi connectivity index (χ0) is 20.1. The molecule has 0 unspecified atom stereocenters. The van der Waals surface area contributed by atoms with Crippen LogP contribution in [0.3, 0.4) is 0 Å². The summed E-state index contributed by atoms with van der Waals surface area (Å²) in [4.78, 5) is 22.7. The van der Waals surface area contributed by atoms with E-state index < -0.39 is 0 Å². The van der Waals surface area contributed by atoms with Crippen LogP contribution in [0.25, 0.3) is 5.69 Å². The highest BCUT2D eigenvalue weighted by molar-refractivity contribution is 7.71. The standard InChI is InChI=1S/C22H25N5OS/c28-21(19-16-25-22(29)27(19)18-8-4-3-5-9-18)24-15-17-10-11-23-20(14-17)26-12-6-1-2-7-13-26/h3-5,8-11,14,16H,1-2,6-7,12-13,15H2,(H,24,28)(H,25,29). The number of aromatic nitrogens is 3. The van der Waals surface area contributed by atoms with Gasteiger partial charge in [-0.05, 0) is 54.9 Å². The van der Waals surface area contributed by atoms with Crippen molar-refractivity contribution in [3.8, 4) is 5.69 Å². The van der Waals surface area contributed by atoms with Crippen LogP contribution in [0.2, 0.25) is 0 Å². The molecule has 7 heteroatoms. The number of carbonyl (C=O) groups excluding carboxylic acids is 1. The average molecular weight is 408 g/mol. The predicted octanol–water partition coefficient (Wildman–Crippen LogP) is 4.24. The van der Waals surface area contributed by atoms with E-state index >= 15 is 0 Å². The first-order chi connectivity index (χ1) is 14.2. The zero-order valence-electron chi connectivity index (χ0n) is 16.3. The lowest BCUT2D eigenvalue weighted by Crippen LogP contribution is -2.26. The van der Waals surface area contributed by atoms with Crippen molar-refractivity contribution in [3.63, 3.8) is 0 Å². The Kier molecular flexibility index (Phi) is 6.05. The van der Waals surface area contributed by atoms with Gasteiger partial charge >= 0.3 is 0 Å². The summed E-state index contributed by atoms with van der Waals surface area (Å²) in [6.07, 6.45) is 8.46. The number of hydrogen-bond acceptors (Lipinski definition) is 4. The van der Waals surface area contributed by atoms with E-state index in [1.807, 2.05) is 42.6 Å². The molecule has 3 aromatic rings. The minimum absolute atomic E-state index is 0.172. The number of nitrogens with one attached hydrogen (secondary N) is 2. The van der Waals surface area contributed by atoms with Crippen molar-refractivity contribution in [1.82, 2.24) is 19.9 Å². The number of carbonyl (C=O) groups is 1. The van der Waals surface area contributed by atoms with Gasteiger partial charge in [0.15, 0.2) is 4.77 Å². The number of aromatic amines is 1. The maximum Gasteiger partial charge on any atom is 0.270 e. The van der Waals surface area contributed by atoms with Gasteiger partial charge in [0.05, 0.1) is 0 Å². The Bertz CT molecular complexity index is 1020. The van der Waals surface area contributed by atoms with Crippen molar-refractivity contribution < 1.29 is 4.79 Å². The Morgan fingerprint density at radius 1 is 1.10 bits per heavy atom. The molecule has 1 aromatic carbocycles. The molecule has 2 N–H and O–H groups in total. The number of anilines is 1. The van der Waals surface area contributed by atoms with Gasteiger partial charge in [0, 0.05) is 37.7 Å². The molecule has 1 saturated heterocycles. The fraction of sp³-hybridized carbons (Fsp3) is 0.318. The van der Waals surface area contributed by atoms with Gasteiger partial charge < -0.3 is 15.2 Å². The Balaban J connectivity index is 1.47. The number of imidazole rings is 1. The molecule has 150 valence electrons. The number of pyridine rings is 1. The molecule has 1 amide bonds. The van der Waals surface area contributed by atoms with Crippen molar-refractivity contribution >= 4 is 23.9 Å². The van der Waals surface area contributed by atoms with Gasteiger partial charge in [0.25, 0.3) is 5.91 Å². The largest absolute Gasteiger partial charge is 0.357 e. The molecule has 29 heavy (non-hydrogen) atoms. The minimum Gasteiger partial charge on any atom is -0.357 e. The topological polar surface area (TPSA) is 66.0 Å². The molecular formula is C22H25N5OS. The normalized spacial score (nSPS) is 14.4. The summed E-state index contributed by atoms with van der Waals surface area (Å²) in [7, 11) is 0. The van der Waals surface area contributed by atoms with Gasteiger partial charge in [-0.1, -0.05) is 31.0 Å². The number of benzene rings is 1. The lowest BCUT2D eigenvalue weighted by Gasteiger charge is -2.21. The molecule has 1 aliphatic heterocycles. The first kappa shape index (κ1) is 19.4. The summed E-state index contributed by atoms with van der Waals surface area (Å²) >= 11 is 5.37. The highest BCUT2D eigenvalue weighted by Crippen LogP contribution is 2.18. The van der Waals surface area contributed by atoms with Crippen molar-refractivity contribution in [2.24, 2.45) is 0 Å². The van der Waals surface area contributed by atoms with Crippen molar-refractivity contribution in [1.29, 1.82) is 0 Å². The van der Waals surface area contributed by atoms with Crippen LogP contribution in [0.4, 0.5) is 5.82 Å². The molecule has 0 aliphatic carbocycles. The molecule has 0 spiro atoms. The third-order valence-corrected chi connectivity index (χ3v) is 5.52.